The summed E-state index contributed by atoms with van der Waals surface area (Å²) in [5.74, 6) is -4.61. The second-order valence-corrected chi connectivity index (χ2v) is 10.0. The number of rotatable bonds is 9. The van der Waals surface area contributed by atoms with Gasteiger partial charge in [-0.3, -0.25) is 4.79 Å². The number of carboxylic acid groups (broad SMARTS) is 1. The summed E-state index contributed by atoms with van der Waals surface area (Å²) in [5, 5.41) is 24.1. The van der Waals surface area contributed by atoms with E-state index >= 15 is 0 Å². The summed E-state index contributed by atoms with van der Waals surface area (Å²) in [4.78, 5) is 11.6. The minimum Gasteiger partial charge on any atom is -0.481 e. The van der Waals surface area contributed by atoms with Crippen molar-refractivity contribution in [2.45, 2.75) is 37.7 Å². The Balaban J connectivity index is 1.36. The van der Waals surface area contributed by atoms with Crippen molar-refractivity contribution in [3.05, 3.63) is 114 Å². The maximum atomic E-state index is 15.0. The Labute approximate surface area is 225 Å². The van der Waals surface area contributed by atoms with Crippen molar-refractivity contribution in [3.8, 4) is 22.5 Å². The summed E-state index contributed by atoms with van der Waals surface area (Å²) < 4.78 is 35.4. The van der Waals surface area contributed by atoms with Crippen molar-refractivity contribution in [1.29, 1.82) is 0 Å². The summed E-state index contributed by atoms with van der Waals surface area (Å²) in [6, 6.07) is 23.4. The molecule has 39 heavy (non-hydrogen) atoms. The van der Waals surface area contributed by atoms with E-state index in [0.717, 1.165) is 16.7 Å². The van der Waals surface area contributed by atoms with E-state index in [9.17, 15) is 23.8 Å². The third kappa shape index (κ3) is 5.14. The first-order valence-electron chi connectivity index (χ1n) is 12.7. The SMILES string of the molecule is [CH2]C(c1ccc(-c2ccc(-c3onc(C)c3C(O)C(F)(F)/C=C/c3ccccc3)cc2)cc1)C1(C(=O)O)CC1. The largest absolute Gasteiger partial charge is 0.481 e. The highest BCUT2D eigenvalue weighted by atomic mass is 19.3. The molecule has 1 saturated carbocycles. The molecule has 2 N–H and O–H groups in total. The van der Waals surface area contributed by atoms with Gasteiger partial charge in [-0.1, -0.05) is 90.1 Å². The zero-order chi connectivity index (χ0) is 27.8. The normalized spacial score (nSPS) is 16.2. The molecule has 5 rings (SSSR count). The number of nitrogens with zero attached hydrogens (tertiary/aromatic N) is 1. The standard InChI is InChI=1S/C32H28F2NO4/c1-20(31(18-19-31)30(37)38)23-8-10-24(11-9-23)25-12-14-26(15-13-25)28-27(21(2)35-39-28)29(36)32(33,34)17-16-22-6-4-3-5-7-22/h3-17,20,29,36H,1,18-19H2,2H3,(H,37,38)/b17-16+. The molecule has 1 heterocycles. The molecule has 2 atom stereocenters. The summed E-state index contributed by atoms with van der Waals surface area (Å²) in [6.07, 6.45) is 1.07. The number of carbonyl (C=O) groups is 1. The first kappa shape index (κ1) is 26.5. The second-order valence-electron chi connectivity index (χ2n) is 10.0. The average Bonchev–Trinajstić information content (AvgIpc) is 3.68. The summed E-state index contributed by atoms with van der Waals surface area (Å²) in [6.45, 7) is 5.62. The number of carboxylic acids is 1. The smallest absolute Gasteiger partial charge is 0.310 e. The first-order valence-corrected chi connectivity index (χ1v) is 12.7. The van der Waals surface area contributed by atoms with Crippen LogP contribution in [0.15, 0.2) is 89.5 Å². The van der Waals surface area contributed by atoms with Crippen LogP contribution in [0.25, 0.3) is 28.5 Å². The average molecular weight is 529 g/mol. The van der Waals surface area contributed by atoms with Gasteiger partial charge in [0.15, 0.2) is 11.9 Å². The Morgan fingerprint density at radius 2 is 1.56 bits per heavy atom. The fraction of sp³-hybridized carbons (Fsp3) is 0.219. The van der Waals surface area contributed by atoms with Gasteiger partial charge in [-0.15, -0.1) is 0 Å². The molecule has 1 aromatic heterocycles. The molecule has 0 amide bonds. The van der Waals surface area contributed by atoms with Crippen LogP contribution >= 0.6 is 0 Å². The Morgan fingerprint density at radius 1 is 1.00 bits per heavy atom. The number of aryl methyl sites for hydroxylation is 1. The maximum absolute atomic E-state index is 15.0. The van der Waals surface area contributed by atoms with Gasteiger partial charge in [0.25, 0.3) is 5.92 Å². The van der Waals surface area contributed by atoms with E-state index in [4.69, 9.17) is 4.52 Å². The number of halogens is 2. The number of aliphatic hydroxyl groups is 1. The van der Waals surface area contributed by atoms with Crippen molar-refractivity contribution >= 4 is 12.0 Å². The minimum atomic E-state index is -3.56. The quantitative estimate of drug-likeness (QED) is 0.235. The van der Waals surface area contributed by atoms with E-state index in [1.165, 1.54) is 13.0 Å². The Morgan fingerprint density at radius 3 is 2.13 bits per heavy atom. The molecule has 7 heteroatoms. The van der Waals surface area contributed by atoms with Crippen molar-refractivity contribution in [3.63, 3.8) is 0 Å². The van der Waals surface area contributed by atoms with E-state index in [0.29, 0.717) is 30.0 Å². The molecule has 1 aliphatic rings. The molecule has 1 fully saturated rings. The zero-order valence-electron chi connectivity index (χ0n) is 21.4. The molecule has 1 radical (unpaired) electrons. The molecule has 5 nitrogen and oxygen atoms in total. The third-order valence-electron chi connectivity index (χ3n) is 7.52. The van der Waals surface area contributed by atoms with E-state index in [-0.39, 0.29) is 22.9 Å². The number of hydrogen-bond donors (Lipinski definition) is 2. The number of alkyl halides is 2. The predicted octanol–water partition coefficient (Wildman–Crippen LogP) is 7.48. The summed E-state index contributed by atoms with van der Waals surface area (Å²) in [7, 11) is 0. The lowest BCUT2D eigenvalue weighted by atomic mass is 9.84. The number of hydrogen-bond acceptors (Lipinski definition) is 4. The van der Waals surface area contributed by atoms with Crippen LogP contribution in [0.1, 0.15) is 47.2 Å². The lowest BCUT2D eigenvalue weighted by Gasteiger charge is -2.20. The summed E-state index contributed by atoms with van der Waals surface area (Å²) in [5.41, 5.74) is 3.09. The molecule has 2 unspecified atom stereocenters. The molecule has 0 aliphatic heterocycles. The number of benzene rings is 3. The Kier molecular flexibility index (Phi) is 6.95. The molecule has 199 valence electrons. The molecule has 3 aromatic carbocycles. The lowest BCUT2D eigenvalue weighted by Crippen LogP contribution is -2.24. The van der Waals surface area contributed by atoms with Crippen LogP contribution in [-0.4, -0.2) is 27.3 Å². The van der Waals surface area contributed by atoms with Crippen LogP contribution in [0.5, 0.6) is 0 Å². The van der Waals surface area contributed by atoms with Gasteiger partial charge in [0, 0.05) is 11.5 Å². The van der Waals surface area contributed by atoms with Crippen LogP contribution in [0, 0.1) is 19.3 Å². The van der Waals surface area contributed by atoms with Gasteiger partial charge >= 0.3 is 5.97 Å². The highest BCUT2D eigenvalue weighted by Crippen LogP contribution is 2.56. The highest BCUT2D eigenvalue weighted by molar-refractivity contribution is 5.79. The van der Waals surface area contributed by atoms with Gasteiger partial charge in [0.1, 0.15) is 0 Å². The Hall–Kier alpha value is -4.10. The van der Waals surface area contributed by atoms with Crippen LogP contribution in [0.2, 0.25) is 0 Å². The van der Waals surface area contributed by atoms with E-state index in [1.54, 1.807) is 42.5 Å². The van der Waals surface area contributed by atoms with Crippen LogP contribution in [-0.2, 0) is 4.79 Å². The van der Waals surface area contributed by atoms with Crippen molar-refractivity contribution in [2.75, 3.05) is 0 Å². The van der Waals surface area contributed by atoms with Gasteiger partial charge < -0.3 is 14.7 Å². The topological polar surface area (TPSA) is 83.6 Å². The van der Waals surface area contributed by atoms with Crippen LogP contribution in [0.3, 0.4) is 0 Å². The van der Waals surface area contributed by atoms with Crippen LogP contribution < -0.4 is 0 Å². The van der Waals surface area contributed by atoms with Gasteiger partial charge in [0.05, 0.1) is 16.7 Å². The fourth-order valence-electron chi connectivity index (χ4n) is 4.85. The van der Waals surface area contributed by atoms with Gasteiger partial charge in [-0.25, -0.2) is 0 Å². The summed E-state index contributed by atoms with van der Waals surface area (Å²) >= 11 is 0. The maximum Gasteiger partial charge on any atom is 0.310 e. The van der Waals surface area contributed by atoms with Gasteiger partial charge in [0.2, 0.25) is 0 Å². The van der Waals surface area contributed by atoms with Crippen molar-refractivity contribution < 1.29 is 28.3 Å². The molecule has 1 aliphatic carbocycles. The molecule has 0 bridgehead atoms. The van der Waals surface area contributed by atoms with Crippen molar-refractivity contribution in [2.24, 2.45) is 5.41 Å². The van der Waals surface area contributed by atoms with E-state index in [2.05, 4.69) is 12.1 Å². The molecule has 4 aromatic rings. The second kappa shape index (κ2) is 10.2. The monoisotopic (exact) mass is 528 g/mol. The number of aliphatic carboxylic acids is 1. The molecule has 0 spiro atoms. The third-order valence-corrected chi connectivity index (χ3v) is 7.52. The molecular formula is C32H28F2NO4. The fourth-order valence-corrected chi connectivity index (χ4v) is 4.85. The van der Waals surface area contributed by atoms with Gasteiger partial charge in [-0.2, -0.15) is 8.78 Å². The van der Waals surface area contributed by atoms with Crippen molar-refractivity contribution in [1.82, 2.24) is 5.16 Å². The van der Waals surface area contributed by atoms with E-state index < -0.39 is 23.4 Å². The molecular weight excluding hydrogens is 500 g/mol. The minimum absolute atomic E-state index is 0.0660. The van der Waals surface area contributed by atoms with Gasteiger partial charge in [-0.05, 0) is 55.0 Å². The van der Waals surface area contributed by atoms with Crippen LogP contribution in [0.4, 0.5) is 8.78 Å². The first-order chi connectivity index (χ1) is 18.6. The number of aliphatic hydroxyl groups excluding tert-OH is 1. The number of aromatic nitrogens is 1. The Bertz CT molecular complexity index is 1490. The highest BCUT2D eigenvalue weighted by Gasteiger charge is 2.54. The van der Waals surface area contributed by atoms with E-state index in [1.807, 2.05) is 36.4 Å². The molecule has 0 saturated heterocycles. The lowest BCUT2D eigenvalue weighted by molar-refractivity contribution is -0.143. The predicted molar refractivity (Wildman–Crippen MR) is 145 cm³/mol. The zero-order valence-corrected chi connectivity index (χ0v) is 21.4.